The van der Waals surface area contributed by atoms with Gasteiger partial charge in [0.1, 0.15) is 0 Å². The van der Waals surface area contributed by atoms with Crippen LogP contribution in [0.1, 0.15) is 10.7 Å². The highest BCUT2D eigenvalue weighted by Gasteiger charge is 2.05. The summed E-state index contributed by atoms with van der Waals surface area (Å²) in [6.45, 7) is 0. The van der Waals surface area contributed by atoms with Crippen LogP contribution in [0.3, 0.4) is 0 Å². The van der Waals surface area contributed by atoms with Gasteiger partial charge in [0.25, 0.3) is 0 Å². The largest absolute Gasteiger partial charge is 0.434 e. The minimum absolute atomic E-state index is 0.403. The molecular formula is C3H3N3O3. The Bertz CT molecular complexity index is 272. The van der Waals surface area contributed by atoms with E-state index in [-0.39, 0.29) is 0 Å². The molecule has 0 unspecified atom stereocenters. The average Bonchev–Trinajstić information content (AvgIpc) is 2.14. The summed E-state index contributed by atoms with van der Waals surface area (Å²) in [5.41, 5.74) is 4.67. The molecule has 0 bridgehead atoms. The summed E-state index contributed by atoms with van der Waals surface area (Å²) in [5.74, 6) is -2.06. The van der Waals surface area contributed by atoms with Crippen LogP contribution in [0.15, 0.2) is 9.21 Å². The maximum Gasteiger partial charge on any atom is 0.434 e. The van der Waals surface area contributed by atoms with E-state index in [1.807, 2.05) is 5.10 Å². The molecule has 0 saturated carbocycles. The lowest BCUT2D eigenvalue weighted by molar-refractivity contribution is 0.0965. The van der Waals surface area contributed by atoms with Crippen LogP contribution in [0.25, 0.3) is 0 Å². The van der Waals surface area contributed by atoms with E-state index in [1.165, 1.54) is 0 Å². The molecule has 1 amide bonds. The van der Waals surface area contributed by atoms with Gasteiger partial charge in [0.2, 0.25) is 0 Å². The van der Waals surface area contributed by atoms with Gasteiger partial charge < -0.3 is 10.2 Å². The molecule has 1 heterocycles. The third-order valence-electron chi connectivity index (χ3n) is 0.649. The third-order valence-corrected chi connectivity index (χ3v) is 0.649. The molecule has 0 aliphatic carbocycles. The molecule has 0 aromatic carbocycles. The number of amides is 1. The molecule has 0 aliphatic rings. The number of nitrogens with zero attached hydrogens (tertiary/aromatic N) is 1. The van der Waals surface area contributed by atoms with Gasteiger partial charge in [0.05, 0.1) is 0 Å². The fourth-order valence-electron chi connectivity index (χ4n) is 0.335. The molecule has 0 atom stereocenters. The first-order valence-corrected chi connectivity index (χ1v) is 2.05. The van der Waals surface area contributed by atoms with E-state index in [0.717, 1.165) is 0 Å². The molecule has 0 saturated heterocycles. The summed E-state index contributed by atoms with van der Waals surface area (Å²) in [5, 5.41) is 5.01. The Morgan fingerprint density at radius 3 is 2.67 bits per heavy atom. The smallest absolute Gasteiger partial charge is 0.383 e. The topological polar surface area (TPSA) is 102 Å². The zero-order valence-electron chi connectivity index (χ0n) is 4.25. The predicted molar refractivity (Wildman–Crippen MR) is 25.6 cm³/mol. The van der Waals surface area contributed by atoms with E-state index in [4.69, 9.17) is 0 Å². The maximum atomic E-state index is 10.1. The summed E-state index contributed by atoms with van der Waals surface area (Å²) in [6, 6.07) is 0. The van der Waals surface area contributed by atoms with Crippen molar-refractivity contribution in [2.75, 3.05) is 0 Å². The molecule has 1 aromatic rings. The monoisotopic (exact) mass is 129 g/mol. The summed E-state index contributed by atoms with van der Waals surface area (Å²) < 4.78 is 4.15. The molecule has 0 aliphatic heterocycles. The number of primary amides is 1. The second-order valence-electron chi connectivity index (χ2n) is 1.28. The Kier molecular flexibility index (Phi) is 1.07. The molecule has 3 N–H and O–H groups in total. The predicted octanol–water partition coefficient (Wildman–Crippen LogP) is -1.54. The van der Waals surface area contributed by atoms with Crippen LogP contribution >= 0.6 is 0 Å². The molecule has 6 heteroatoms. The van der Waals surface area contributed by atoms with Gasteiger partial charge in [-0.05, 0) is 0 Å². The zero-order chi connectivity index (χ0) is 6.85. The van der Waals surface area contributed by atoms with Crippen LogP contribution < -0.4 is 11.5 Å². The Balaban J connectivity index is 3.12. The standard InChI is InChI=1S/C3H3N3O3/c4-1(7)2-5-6-3(8)9-2/h(H2,4,7)(H,6,8). The Hall–Kier alpha value is -1.59. The first kappa shape index (κ1) is 5.54. The highest BCUT2D eigenvalue weighted by atomic mass is 16.4. The summed E-state index contributed by atoms with van der Waals surface area (Å²) in [4.78, 5) is 20.2. The summed E-state index contributed by atoms with van der Waals surface area (Å²) >= 11 is 0. The normalized spacial score (nSPS) is 9.33. The number of rotatable bonds is 1. The van der Waals surface area contributed by atoms with E-state index in [2.05, 4.69) is 15.2 Å². The van der Waals surface area contributed by atoms with Gasteiger partial charge in [-0.3, -0.25) is 4.79 Å². The summed E-state index contributed by atoms with van der Waals surface area (Å²) in [6.07, 6.45) is 0. The van der Waals surface area contributed by atoms with Crippen molar-refractivity contribution in [3.8, 4) is 0 Å². The number of H-pyrrole nitrogens is 1. The number of aromatic amines is 1. The van der Waals surface area contributed by atoms with Gasteiger partial charge in [-0.2, -0.15) is 0 Å². The van der Waals surface area contributed by atoms with Gasteiger partial charge in [-0.15, -0.1) is 5.10 Å². The number of carbonyl (C=O) groups excluding carboxylic acids is 1. The second kappa shape index (κ2) is 1.73. The SMILES string of the molecule is NC(=O)c1n[nH]c(=O)o1. The Morgan fingerprint density at radius 2 is 2.44 bits per heavy atom. The van der Waals surface area contributed by atoms with Gasteiger partial charge in [0, 0.05) is 0 Å². The number of hydrogen-bond acceptors (Lipinski definition) is 4. The van der Waals surface area contributed by atoms with Crippen LogP contribution in [0.4, 0.5) is 0 Å². The first-order chi connectivity index (χ1) is 4.20. The average molecular weight is 129 g/mol. The van der Waals surface area contributed by atoms with E-state index < -0.39 is 17.6 Å². The van der Waals surface area contributed by atoms with Crippen LogP contribution in [0.2, 0.25) is 0 Å². The number of nitrogens with one attached hydrogen (secondary N) is 1. The highest BCUT2D eigenvalue weighted by Crippen LogP contribution is 1.81. The molecule has 1 aromatic heterocycles. The molecule has 0 fully saturated rings. The molecular weight excluding hydrogens is 126 g/mol. The van der Waals surface area contributed by atoms with E-state index in [9.17, 15) is 9.59 Å². The summed E-state index contributed by atoms with van der Waals surface area (Å²) in [7, 11) is 0. The number of nitrogens with two attached hydrogens (primary N) is 1. The van der Waals surface area contributed by atoms with Crippen LogP contribution in [0.5, 0.6) is 0 Å². The maximum absolute atomic E-state index is 10.1. The number of aromatic nitrogens is 2. The minimum atomic E-state index is -0.867. The Labute approximate surface area is 48.7 Å². The minimum Gasteiger partial charge on any atom is -0.383 e. The molecule has 9 heavy (non-hydrogen) atoms. The molecule has 0 spiro atoms. The lowest BCUT2D eigenvalue weighted by atomic mass is 10.6. The van der Waals surface area contributed by atoms with Crippen molar-refractivity contribution < 1.29 is 9.21 Å². The molecule has 1 rings (SSSR count). The lowest BCUT2D eigenvalue weighted by Crippen LogP contribution is -2.11. The van der Waals surface area contributed by atoms with E-state index in [1.54, 1.807) is 0 Å². The Morgan fingerprint density at radius 1 is 1.78 bits per heavy atom. The fraction of sp³-hybridized carbons (Fsp3) is 0. The van der Waals surface area contributed by atoms with Gasteiger partial charge in [-0.1, -0.05) is 0 Å². The van der Waals surface area contributed by atoms with Crippen molar-refractivity contribution in [3.05, 3.63) is 16.4 Å². The zero-order valence-corrected chi connectivity index (χ0v) is 4.25. The van der Waals surface area contributed by atoms with Crippen molar-refractivity contribution in [3.63, 3.8) is 0 Å². The van der Waals surface area contributed by atoms with Gasteiger partial charge in [0.15, 0.2) is 0 Å². The van der Waals surface area contributed by atoms with Crippen LogP contribution in [0, 0.1) is 0 Å². The van der Waals surface area contributed by atoms with Gasteiger partial charge >= 0.3 is 17.6 Å². The van der Waals surface area contributed by atoms with E-state index in [0.29, 0.717) is 0 Å². The molecule has 0 radical (unpaired) electrons. The quantitative estimate of drug-likeness (QED) is 0.479. The first-order valence-electron chi connectivity index (χ1n) is 2.05. The van der Waals surface area contributed by atoms with Crippen molar-refractivity contribution in [2.45, 2.75) is 0 Å². The highest BCUT2D eigenvalue weighted by molar-refractivity contribution is 5.87. The molecule has 48 valence electrons. The second-order valence-corrected chi connectivity index (χ2v) is 1.28. The molecule has 6 nitrogen and oxygen atoms in total. The van der Waals surface area contributed by atoms with Crippen molar-refractivity contribution in [1.82, 2.24) is 10.2 Å². The van der Waals surface area contributed by atoms with Crippen LogP contribution in [-0.2, 0) is 0 Å². The van der Waals surface area contributed by atoms with E-state index >= 15 is 0 Å². The lowest BCUT2D eigenvalue weighted by Gasteiger charge is -1.76. The fourth-order valence-corrected chi connectivity index (χ4v) is 0.335. The van der Waals surface area contributed by atoms with Crippen LogP contribution in [-0.4, -0.2) is 16.1 Å². The number of carbonyl (C=O) groups is 1. The number of hydrogen-bond donors (Lipinski definition) is 2. The van der Waals surface area contributed by atoms with Crippen molar-refractivity contribution in [1.29, 1.82) is 0 Å². The third kappa shape index (κ3) is 0.958. The van der Waals surface area contributed by atoms with Crippen molar-refractivity contribution >= 4 is 5.91 Å². The van der Waals surface area contributed by atoms with Gasteiger partial charge in [-0.25, -0.2) is 9.89 Å². The van der Waals surface area contributed by atoms with Crippen molar-refractivity contribution in [2.24, 2.45) is 5.73 Å².